The van der Waals surface area contributed by atoms with Crippen molar-refractivity contribution in [2.24, 2.45) is 11.3 Å². The van der Waals surface area contributed by atoms with Gasteiger partial charge in [-0.2, -0.15) is 0 Å². The molecule has 6 rings (SSSR count). The number of aromatic nitrogens is 6. The van der Waals surface area contributed by atoms with Gasteiger partial charge in [-0.05, 0) is 60.9 Å². The van der Waals surface area contributed by atoms with Crippen molar-refractivity contribution < 1.29 is 9.18 Å². The van der Waals surface area contributed by atoms with E-state index in [1.165, 1.54) is 18.5 Å². The molecule has 0 radical (unpaired) electrons. The summed E-state index contributed by atoms with van der Waals surface area (Å²) in [6, 6.07) is 12.2. The minimum atomic E-state index is -0.459. The van der Waals surface area contributed by atoms with Gasteiger partial charge in [0.2, 0.25) is 0 Å². The van der Waals surface area contributed by atoms with Crippen molar-refractivity contribution in [3.05, 3.63) is 83.5 Å². The van der Waals surface area contributed by atoms with Gasteiger partial charge in [-0.25, -0.2) is 19.3 Å². The molecule has 10 heteroatoms. The first-order valence-corrected chi connectivity index (χ1v) is 11.8. The van der Waals surface area contributed by atoms with Crippen molar-refractivity contribution in [1.29, 1.82) is 0 Å². The first-order chi connectivity index (χ1) is 17.0. The number of pyridine rings is 1. The van der Waals surface area contributed by atoms with E-state index in [0.717, 1.165) is 43.4 Å². The Morgan fingerprint density at radius 3 is 2.71 bits per heavy atom. The van der Waals surface area contributed by atoms with Crippen LogP contribution in [0.5, 0.6) is 0 Å². The fourth-order valence-corrected chi connectivity index (χ4v) is 5.38. The molecule has 4 aromatic rings. The van der Waals surface area contributed by atoms with Crippen molar-refractivity contribution in [3.63, 3.8) is 0 Å². The molecule has 176 valence electrons. The molecule has 0 saturated heterocycles. The molecule has 2 fully saturated rings. The summed E-state index contributed by atoms with van der Waals surface area (Å²) in [7, 11) is 0. The third-order valence-electron chi connectivity index (χ3n) is 6.95. The third kappa shape index (κ3) is 4.05. The lowest BCUT2D eigenvalue weighted by Crippen LogP contribution is -2.37. The molecule has 1 N–H and O–H groups in total. The van der Waals surface area contributed by atoms with Crippen LogP contribution in [0.25, 0.3) is 17.2 Å². The molecule has 2 aliphatic carbocycles. The number of hydrogen-bond acceptors (Lipinski definition) is 6. The lowest BCUT2D eigenvalue weighted by Gasteiger charge is -2.36. The highest BCUT2D eigenvalue weighted by atomic mass is 35.5. The number of carbonyl (C=O) groups excluding carboxylic acids is 1. The van der Waals surface area contributed by atoms with Gasteiger partial charge in [0.1, 0.15) is 29.4 Å². The lowest BCUT2D eigenvalue weighted by molar-refractivity contribution is 0.0914. The summed E-state index contributed by atoms with van der Waals surface area (Å²) in [5.41, 5.74) is 1.84. The molecule has 35 heavy (non-hydrogen) atoms. The Kier molecular flexibility index (Phi) is 5.29. The first kappa shape index (κ1) is 21.8. The fraction of sp³-hybridized carbons (Fsp3) is 0.280. The van der Waals surface area contributed by atoms with E-state index in [4.69, 9.17) is 11.6 Å². The second kappa shape index (κ2) is 8.49. The van der Waals surface area contributed by atoms with Crippen LogP contribution in [0.15, 0.2) is 61.2 Å². The van der Waals surface area contributed by atoms with Gasteiger partial charge in [0.15, 0.2) is 5.82 Å². The molecular formula is C25H21ClFN7O. The SMILES string of the molecule is O=C(NC1CC12CC(Cc1nnc(-c3ccncn3)n1-c1ccccc1Cl)C2)c1ccc(F)cn1. The van der Waals surface area contributed by atoms with Crippen LogP contribution in [0.4, 0.5) is 4.39 Å². The average molecular weight is 490 g/mol. The Balaban J connectivity index is 1.17. The Morgan fingerprint density at radius 1 is 1.11 bits per heavy atom. The van der Waals surface area contributed by atoms with Crippen molar-refractivity contribution in [1.82, 2.24) is 35.0 Å². The Labute approximate surface area is 205 Å². The van der Waals surface area contributed by atoms with Crippen LogP contribution >= 0.6 is 11.6 Å². The Morgan fingerprint density at radius 2 is 1.97 bits per heavy atom. The molecular weight excluding hydrogens is 469 g/mol. The summed E-state index contributed by atoms with van der Waals surface area (Å²) in [4.78, 5) is 24.7. The zero-order chi connectivity index (χ0) is 24.0. The summed E-state index contributed by atoms with van der Waals surface area (Å²) < 4.78 is 15.0. The summed E-state index contributed by atoms with van der Waals surface area (Å²) >= 11 is 6.54. The number of hydrogen-bond donors (Lipinski definition) is 1. The predicted octanol–water partition coefficient (Wildman–Crippen LogP) is 4.05. The summed E-state index contributed by atoms with van der Waals surface area (Å²) in [5.74, 6) is 1.14. The molecule has 8 nitrogen and oxygen atoms in total. The van der Waals surface area contributed by atoms with Gasteiger partial charge in [-0.3, -0.25) is 9.36 Å². The van der Waals surface area contributed by atoms with Crippen molar-refractivity contribution >= 4 is 17.5 Å². The number of amides is 1. The molecule has 1 aromatic carbocycles. The number of carbonyl (C=O) groups is 1. The van der Waals surface area contributed by atoms with E-state index in [0.29, 0.717) is 22.5 Å². The number of nitrogens with one attached hydrogen (secondary N) is 1. The molecule has 1 unspecified atom stereocenters. The van der Waals surface area contributed by atoms with E-state index in [2.05, 4.69) is 30.5 Å². The topological polar surface area (TPSA) is 98.5 Å². The maximum Gasteiger partial charge on any atom is 0.270 e. The summed E-state index contributed by atoms with van der Waals surface area (Å²) in [6.07, 6.45) is 7.89. The van der Waals surface area contributed by atoms with Gasteiger partial charge in [-0.15, -0.1) is 10.2 Å². The number of halogens is 2. The maximum atomic E-state index is 13.1. The van der Waals surface area contributed by atoms with Crippen LogP contribution in [-0.2, 0) is 6.42 Å². The summed E-state index contributed by atoms with van der Waals surface area (Å²) in [6.45, 7) is 0. The molecule has 0 aliphatic heterocycles. The van der Waals surface area contributed by atoms with E-state index in [1.54, 1.807) is 12.3 Å². The first-order valence-electron chi connectivity index (χ1n) is 11.4. The third-order valence-corrected chi connectivity index (χ3v) is 7.27. The minimum absolute atomic E-state index is 0.121. The van der Waals surface area contributed by atoms with Crippen LogP contribution < -0.4 is 5.32 Å². The van der Waals surface area contributed by atoms with Gasteiger partial charge in [0.25, 0.3) is 5.91 Å². The molecule has 3 heterocycles. The number of nitrogens with zero attached hydrogens (tertiary/aromatic N) is 6. The van der Waals surface area contributed by atoms with Gasteiger partial charge in [0, 0.05) is 18.7 Å². The van der Waals surface area contributed by atoms with Crippen molar-refractivity contribution in [2.75, 3.05) is 0 Å². The molecule has 2 saturated carbocycles. The normalized spacial score (nSPS) is 22.6. The second-order valence-electron chi connectivity index (χ2n) is 9.25. The zero-order valence-electron chi connectivity index (χ0n) is 18.6. The smallest absolute Gasteiger partial charge is 0.270 e. The average Bonchev–Trinajstić information content (AvgIpc) is 3.40. The highest BCUT2D eigenvalue weighted by molar-refractivity contribution is 6.32. The van der Waals surface area contributed by atoms with E-state index >= 15 is 0 Å². The molecule has 1 spiro atoms. The standard InChI is InChI=1S/C25H21ClFN7O/c26-17-3-1-2-4-20(17)34-22(32-33-23(34)18-7-8-28-14-30-18)9-15-10-25(11-15)12-21(25)31-24(35)19-6-5-16(27)13-29-19/h1-8,13-15,21H,9-12H2,(H,31,35). The van der Waals surface area contributed by atoms with E-state index in [1.807, 2.05) is 28.8 Å². The molecule has 1 atom stereocenters. The number of rotatable bonds is 6. The number of para-hydroxylation sites is 1. The van der Waals surface area contributed by atoms with E-state index in [9.17, 15) is 9.18 Å². The second-order valence-corrected chi connectivity index (χ2v) is 9.66. The van der Waals surface area contributed by atoms with E-state index < -0.39 is 5.82 Å². The lowest BCUT2D eigenvalue weighted by atomic mass is 9.69. The highest BCUT2D eigenvalue weighted by Gasteiger charge is 2.62. The van der Waals surface area contributed by atoms with Crippen molar-refractivity contribution in [3.8, 4) is 17.2 Å². The quantitative estimate of drug-likeness (QED) is 0.438. The monoisotopic (exact) mass is 489 g/mol. The molecule has 0 bridgehead atoms. The maximum absolute atomic E-state index is 13.1. The van der Waals surface area contributed by atoms with Gasteiger partial charge < -0.3 is 5.32 Å². The van der Waals surface area contributed by atoms with Gasteiger partial charge in [0.05, 0.1) is 16.9 Å². The van der Waals surface area contributed by atoms with Gasteiger partial charge >= 0.3 is 0 Å². The molecule has 2 aliphatic rings. The highest BCUT2D eigenvalue weighted by Crippen LogP contribution is 2.63. The minimum Gasteiger partial charge on any atom is -0.347 e. The summed E-state index contributed by atoms with van der Waals surface area (Å²) in [5, 5.41) is 12.6. The predicted molar refractivity (Wildman–Crippen MR) is 126 cm³/mol. The van der Waals surface area contributed by atoms with Crippen LogP contribution in [0, 0.1) is 17.2 Å². The molecule has 1 amide bonds. The van der Waals surface area contributed by atoms with E-state index in [-0.39, 0.29) is 23.1 Å². The van der Waals surface area contributed by atoms with Crippen molar-refractivity contribution in [2.45, 2.75) is 31.7 Å². The van der Waals surface area contributed by atoms with Crippen LogP contribution in [0.3, 0.4) is 0 Å². The van der Waals surface area contributed by atoms with Crippen LogP contribution in [0.1, 0.15) is 35.6 Å². The largest absolute Gasteiger partial charge is 0.347 e. The fourth-order valence-electron chi connectivity index (χ4n) is 5.16. The molecule has 3 aromatic heterocycles. The zero-order valence-corrected chi connectivity index (χ0v) is 19.4. The Hall–Kier alpha value is -3.72. The van der Waals surface area contributed by atoms with Crippen LogP contribution in [0.2, 0.25) is 5.02 Å². The van der Waals surface area contributed by atoms with Crippen LogP contribution in [-0.4, -0.2) is 41.7 Å². The Bertz CT molecular complexity index is 1390. The number of benzene rings is 1. The van der Waals surface area contributed by atoms with Gasteiger partial charge in [-0.1, -0.05) is 23.7 Å².